The van der Waals surface area contributed by atoms with Gasteiger partial charge in [-0.1, -0.05) is 42.6 Å². The second-order valence-corrected chi connectivity index (χ2v) is 12.4. The minimum absolute atomic E-state index is 0.134. The SMILES string of the molecule is CCOC(=O)c1c(NC(=O)C(C)Sc2cccc(NC(=O)Cc3ccc(Cl)cc3)c2)sc2c1CCCCCC2. The molecule has 1 atom stereocenters. The monoisotopic (exact) mass is 584 g/mol. The Labute approximate surface area is 242 Å². The normalized spacial score (nSPS) is 13.9. The molecule has 1 aliphatic carbocycles. The molecule has 4 rings (SSSR count). The van der Waals surface area contributed by atoms with Crippen LogP contribution in [0, 0.1) is 0 Å². The zero-order valence-electron chi connectivity index (χ0n) is 22.2. The van der Waals surface area contributed by atoms with E-state index in [2.05, 4.69) is 10.6 Å². The van der Waals surface area contributed by atoms with Gasteiger partial charge in [-0.15, -0.1) is 23.1 Å². The van der Waals surface area contributed by atoms with Crippen molar-refractivity contribution >= 4 is 63.2 Å². The Balaban J connectivity index is 1.42. The van der Waals surface area contributed by atoms with E-state index < -0.39 is 5.25 Å². The highest BCUT2D eigenvalue weighted by atomic mass is 35.5. The summed E-state index contributed by atoms with van der Waals surface area (Å²) >= 11 is 8.82. The van der Waals surface area contributed by atoms with Gasteiger partial charge in [0.25, 0.3) is 0 Å². The van der Waals surface area contributed by atoms with E-state index in [9.17, 15) is 14.4 Å². The number of anilines is 2. The van der Waals surface area contributed by atoms with E-state index in [1.54, 1.807) is 19.1 Å². The van der Waals surface area contributed by atoms with Gasteiger partial charge >= 0.3 is 5.97 Å². The van der Waals surface area contributed by atoms with Crippen molar-refractivity contribution < 1.29 is 19.1 Å². The third-order valence-corrected chi connectivity index (χ3v) is 9.02. The predicted octanol–water partition coefficient (Wildman–Crippen LogP) is 7.54. The summed E-state index contributed by atoms with van der Waals surface area (Å²) < 4.78 is 5.36. The standard InChI is InChI=1S/C30H33ClN2O4S2/c1-3-37-30(36)27-24-11-6-4-5-7-12-25(24)39-29(27)33-28(35)19(2)38-23-10-8-9-22(18-23)32-26(34)17-20-13-15-21(31)16-14-20/h8-10,13-16,18-19H,3-7,11-12,17H2,1-2H3,(H,32,34)(H,33,35). The molecule has 1 aliphatic rings. The number of amides is 2. The molecule has 6 nitrogen and oxygen atoms in total. The Kier molecular flexibility index (Phi) is 10.5. The Bertz CT molecular complexity index is 1320. The number of carbonyl (C=O) groups is 3. The minimum Gasteiger partial charge on any atom is -0.462 e. The number of ether oxygens (including phenoxy) is 1. The second kappa shape index (κ2) is 14.0. The molecular weight excluding hydrogens is 552 g/mol. The second-order valence-electron chi connectivity index (χ2n) is 9.47. The van der Waals surface area contributed by atoms with Crippen molar-refractivity contribution in [3.05, 3.63) is 75.1 Å². The van der Waals surface area contributed by atoms with Crippen molar-refractivity contribution in [2.45, 2.75) is 68.9 Å². The largest absolute Gasteiger partial charge is 0.462 e. The van der Waals surface area contributed by atoms with Gasteiger partial charge < -0.3 is 15.4 Å². The predicted molar refractivity (Wildman–Crippen MR) is 160 cm³/mol. The van der Waals surface area contributed by atoms with E-state index in [0.717, 1.165) is 48.1 Å². The highest BCUT2D eigenvalue weighted by molar-refractivity contribution is 8.00. The van der Waals surface area contributed by atoms with Gasteiger partial charge in [0.15, 0.2) is 0 Å². The van der Waals surface area contributed by atoms with Crippen LogP contribution in [0.25, 0.3) is 0 Å². The first-order valence-electron chi connectivity index (χ1n) is 13.3. The van der Waals surface area contributed by atoms with Crippen molar-refractivity contribution in [2.24, 2.45) is 0 Å². The first kappa shape index (κ1) is 29.2. The summed E-state index contributed by atoms with van der Waals surface area (Å²) in [5.41, 5.74) is 3.09. The van der Waals surface area contributed by atoms with Crippen LogP contribution in [0.5, 0.6) is 0 Å². The molecule has 0 fully saturated rings. The quantitative estimate of drug-likeness (QED) is 0.200. The van der Waals surface area contributed by atoms with Crippen LogP contribution in [-0.2, 0) is 33.6 Å². The molecule has 1 aromatic heterocycles. The molecular formula is C30H33ClN2O4S2. The Morgan fingerprint density at radius 2 is 1.77 bits per heavy atom. The molecule has 1 heterocycles. The molecule has 9 heteroatoms. The van der Waals surface area contributed by atoms with Gasteiger partial charge in [0.05, 0.1) is 23.8 Å². The van der Waals surface area contributed by atoms with Gasteiger partial charge in [-0.05, 0) is 81.0 Å². The average Bonchev–Trinajstić information content (AvgIpc) is 3.21. The van der Waals surface area contributed by atoms with Crippen LogP contribution in [0.1, 0.15) is 65.9 Å². The number of nitrogens with one attached hydrogen (secondary N) is 2. The van der Waals surface area contributed by atoms with Crippen LogP contribution in [0.4, 0.5) is 10.7 Å². The van der Waals surface area contributed by atoms with Crippen molar-refractivity contribution in [3.8, 4) is 0 Å². The van der Waals surface area contributed by atoms with Crippen molar-refractivity contribution in [3.63, 3.8) is 0 Å². The number of carbonyl (C=O) groups excluding carboxylic acids is 3. The fourth-order valence-corrected chi connectivity index (χ4v) is 6.87. The lowest BCUT2D eigenvalue weighted by Crippen LogP contribution is -2.23. The van der Waals surface area contributed by atoms with E-state index in [1.165, 1.54) is 34.4 Å². The van der Waals surface area contributed by atoms with Gasteiger partial charge in [-0.25, -0.2) is 4.79 Å². The zero-order valence-corrected chi connectivity index (χ0v) is 24.6. The molecule has 1 unspecified atom stereocenters. The number of hydrogen-bond donors (Lipinski definition) is 2. The van der Waals surface area contributed by atoms with E-state index >= 15 is 0 Å². The van der Waals surface area contributed by atoms with Crippen LogP contribution in [0.2, 0.25) is 5.02 Å². The molecule has 2 N–H and O–H groups in total. The summed E-state index contributed by atoms with van der Waals surface area (Å²) in [7, 11) is 0. The van der Waals surface area contributed by atoms with Gasteiger partial charge in [-0.3, -0.25) is 9.59 Å². The maximum absolute atomic E-state index is 13.2. The molecule has 2 amide bonds. The fourth-order valence-electron chi connectivity index (χ4n) is 4.54. The van der Waals surface area contributed by atoms with Crippen LogP contribution < -0.4 is 10.6 Å². The summed E-state index contributed by atoms with van der Waals surface area (Å²) in [6, 6.07) is 14.6. The lowest BCUT2D eigenvalue weighted by molar-refractivity contribution is -0.116. The van der Waals surface area contributed by atoms with E-state index in [-0.39, 0.29) is 30.8 Å². The van der Waals surface area contributed by atoms with Gasteiger partial charge in [-0.2, -0.15) is 0 Å². The minimum atomic E-state index is -0.426. The molecule has 0 bridgehead atoms. The average molecular weight is 585 g/mol. The van der Waals surface area contributed by atoms with Crippen LogP contribution in [0.3, 0.4) is 0 Å². The van der Waals surface area contributed by atoms with Gasteiger partial charge in [0.1, 0.15) is 5.00 Å². The van der Waals surface area contributed by atoms with Crippen molar-refractivity contribution in [1.29, 1.82) is 0 Å². The van der Waals surface area contributed by atoms with Crippen molar-refractivity contribution in [2.75, 3.05) is 17.2 Å². The number of hydrogen-bond acceptors (Lipinski definition) is 6. The van der Waals surface area contributed by atoms with Crippen molar-refractivity contribution in [1.82, 2.24) is 0 Å². The number of thioether (sulfide) groups is 1. The first-order valence-corrected chi connectivity index (χ1v) is 15.3. The third kappa shape index (κ3) is 8.10. The maximum Gasteiger partial charge on any atom is 0.341 e. The number of aryl methyl sites for hydroxylation is 1. The van der Waals surface area contributed by atoms with E-state index in [0.29, 0.717) is 21.3 Å². The Morgan fingerprint density at radius 1 is 1.03 bits per heavy atom. The van der Waals surface area contributed by atoms with E-state index in [4.69, 9.17) is 16.3 Å². The van der Waals surface area contributed by atoms with Crippen LogP contribution in [0.15, 0.2) is 53.4 Å². The molecule has 206 valence electrons. The van der Waals surface area contributed by atoms with Crippen LogP contribution >= 0.6 is 34.7 Å². The van der Waals surface area contributed by atoms with Gasteiger partial charge in [0, 0.05) is 20.5 Å². The number of esters is 1. The number of thiophene rings is 1. The fraction of sp³-hybridized carbons (Fsp3) is 0.367. The molecule has 0 saturated heterocycles. The molecule has 0 saturated carbocycles. The number of halogens is 1. The summed E-state index contributed by atoms with van der Waals surface area (Å²) in [5.74, 6) is -0.685. The molecule has 2 aromatic carbocycles. The number of rotatable bonds is 9. The highest BCUT2D eigenvalue weighted by Gasteiger charge is 2.27. The van der Waals surface area contributed by atoms with E-state index in [1.807, 2.05) is 43.3 Å². The number of benzene rings is 2. The summed E-state index contributed by atoms with van der Waals surface area (Å²) in [6.07, 6.45) is 6.43. The molecule has 3 aromatic rings. The third-order valence-electron chi connectivity index (χ3n) is 6.47. The summed E-state index contributed by atoms with van der Waals surface area (Å²) in [6.45, 7) is 3.91. The van der Waals surface area contributed by atoms with Gasteiger partial charge in [0.2, 0.25) is 11.8 Å². The Morgan fingerprint density at radius 3 is 2.51 bits per heavy atom. The first-order chi connectivity index (χ1) is 18.8. The molecule has 39 heavy (non-hydrogen) atoms. The lowest BCUT2D eigenvalue weighted by atomic mass is 9.96. The zero-order chi connectivity index (χ0) is 27.8. The highest BCUT2D eigenvalue weighted by Crippen LogP contribution is 2.38. The molecule has 0 radical (unpaired) electrons. The molecule has 0 aliphatic heterocycles. The lowest BCUT2D eigenvalue weighted by Gasteiger charge is -2.14. The number of fused-ring (bicyclic) bond motifs is 1. The molecule has 0 spiro atoms. The van der Waals surface area contributed by atoms with Crippen LogP contribution in [-0.4, -0.2) is 29.6 Å². The summed E-state index contributed by atoms with van der Waals surface area (Å²) in [4.78, 5) is 40.7. The topological polar surface area (TPSA) is 84.5 Å². The Hall–Kier alpha value is -2.81. The maximum atomic E-state index is 13.2. The summed E-state index contributed by atoms with van der Waals surface area (Å²) in [5, 5.41) is 6.73. The smallest absolute Gasteiger partial charge is 0.341 e.